The number of pyridine rings is 1. The van der Waals surface area contributed by atoms with Crippen LogP contribution in [0.2, 0.25) is 0 Å². The van der Waals surface area contributed by atoms with Crippen LogP contribution >= 0.6 is 0 Å². The summed E-state index contributed by atoms with van der Waals surface area (Å²) in [5, 5.41) is 13.2. The van der Waals surface area contributed by atoms with Gasteiger partial charge in [-0.2, -0.15) is 0 Å². The number of hydrogen-bond acceptors (Lipinski definition) is 4. The number of carboxylic acids is 1. The molecule has 33 heavy (non-hydrogen) atoms. The van der Waals surface area contributed by atoms with Gasteiger partial charge in [0.25, 0.3) is 5.56 Å². The van der Waals surface area contributed by atoms with Gasteiger partial charge in [-0.05, 0) is 49.8 Å². The minimum atomic E-state index is -1.09. The number of alkyl carbamates (subject to hydrolysis) is 1. The number of carbonyl (C=O) groups excluding carboxylic acids is 1. The van der Waals surface area contributed by atoms with Crippen molar-refractivity contribution in [2.24, 2.45) is 5.92 Å². The first-order chi connectivity index (χ1) is 15.5. The van der Waals surface area contributed by atoms with Crippen molar-refractivity contribution >= 4 is 22.8 Å². The fourth-order valence-corrected chi connectivity index (χ4v) is 3.77. The van der Waals surface area contributed by atoms with Crippen molar-refractivity contribution in [3.8, 4) is 11.1 Å². The summed E-state index contributed by atoms with van der Waals surface area (Å²) in [4.78, 5) is 37.5. The molecule has 3 rings (SSSR count). The second kappa shape index (κ2) is 9.48. The highest BCUT2D eigenvalue weighted by Gasteiger charge is 2.22. The Balaban J connectivity index is 2.29. The van der Waals surface area contributed by atoms with Gasteiger partial charge in [0.2, 0.25) is 0 Å². The molecule has 7 heteroatoms. The first-order valence-electron chi connectivity index (χ1n) is 10.9. The van der Waals surface area contributed by atoms with Gasteiger partial charge in [-0.1, -0.05) is 50.2 Å². The number of aromatic nitrogens is 1. The highest BCUT2D eigenvalue weighted by Crippen LogP contribution is 2.32. The first kappa shape index (κ1) is 24.0. The Morgan fingerprint density at radius 3 is 2.30 bits per heavy atom. The maximum atomic E-state index is 13.5. The average molecular weight is 451 g/mol. The van der Waals surface area contributed by atoms with Gasteiger partial charge in [0.1, 0.15) is 5.60 Å². The molecule has 1 aromatic heterocycles. The molecule has 0 saturated heterocycles. The third-order valence-corrected chi connectivity index (χ3v) is 5.04. The molecule has 0 bridgehead atoms. The van der Waals surface area contributed by atoms with Crippen LogP contribution in [0.1, 0.15) is 50.7 Å². The minimum absolute atomic E-state index is 0.0503. The Hall–Kier alpha value is -3.61. The van der Waals surface area contributed by atoms with Gasteiger partial charge < -0.3 is 19.7 Å². The molecule has 0 fully saturated rings. The zero-order chi connectivity index (χ0) is 24.3. The number of aromatic carboxylic acids is 1. The number of nitrogens with one attached hydrogen (secondary N) is 1. The lowest BCUT2D eigenvalue weighted by Gasteiger charge is -2.23. The molecule has 0 saturated carbocycles. The summed E-state index contributed by atoms with van der Waals surface area (Å²) in [6.45, 7) is 9.84. The van der Waals surface area contributed by atoms with Gasteiger partial charge in [0, 0.05) is 23.2 Å². The smallest absolute Gasteiger partial charge is 0.407 e. The van der Waals surface area contributed by atoms with Crippen LogP contribution in [0, 0.1) is 5.92 Å². The van der Waals surface area contributed by atoms with Crippen molar-refractivity contribution in [3.05, 3.63) is 70.1 Å². The van der Waals surface area contributed by atoms with Crippen molar-refractivity contribution in [1.82, 2.24) is 9.88 Å². The molecule has 0 radical (unpaired) electrons. The van der Waals surface area contributed by atoms with E-state index < -0.39 is 17.7 Å². The Labute approximate surface area is 193 Å². The molecule has 0 aliphatic heterocycles. The summed E-state index contributed by atoms with van der Waals surface area (Å²) in [7, 11) is 0. The van der Waals surface area contributed by atoms with Gasteiger partial charge in [0.05, 0.1) is 12.1 Å². The third-order valence-electron chi connectivity index (χ3n) is 5.04. The Bertz CT molecular complexity index is 1240. The maximum Gasteiger partial charge on any atom is 0.407 e. The molecule has 1 amide bonds. The molecule has 3 aromatic rings. The Morgan fingerprint density at radius 1 is 1.06 bits per heavy atom. The molecule has 1 heterocycles. The van der Waals surface area contributed by atoms with Crippen LogP contribution in [-0.2, 0) is 17.8 Å². The molecule has 0 atom stereocenters. The van der Waals surface area contributed by atoms with E-state index in [2.05, 4.69) is 5.32 Å². The van der Waals surface area contributed by atoms with Crippen LogP contribution in [0.25, 0.3) is 21.9 Å². The van der Waals surface area contributed by atoms with Crippen molar-refractivity contribution in [3.63, 3.8) is 0 Å². The van der Waals surface area contributed by atoms with E-state index in [0.29, 0.717) is 23.0 Å². The number of carbonyl (C=O) groups is 2. The summed E-state index contributed by atoms with van der Waals surface area (Å²) in [5.74, 6) is -0.949. The van der Waals surface area contributed by atoms with Crippen molar-refractivity contribution in [2.45, 2.75) is 53.3 Å². The van der Waals surface area contributed by atoms with Crippen LogP contribution < -0.4 is 10.9 Å². The molecule has 7 nitrogen and oxygen atoms in total. The number of carboxylic acid groups (broad SMARTS) is 1. The SMILES string of the molecule is CC(C)Cn1c(CNC(=O)OC(C)(C)C)c(-c2ccccc2)c2ccc(C(=O)O)cc2c1=O. The van der Waals surface area contributed by atoms with Gasteiger partial charge in [-0.15, -0.1) is 0 Å². The Kier molecular flexibility index (Phi) is 6.91. The van der Waals surface area contributed by atoms with Gasteiger partial charge >= 0.3 is 12.1 Å². The molecule has 2 aromatic carbocycles. The predicted octanol–water partition coefficient (Wildman–Crippen LogP) is 5.05. The van der Waals surface area contributed by atoms with Crippen molar-refractivity contribution < 1.29 is 19.4 Å². The van der Waals surface area contributed by atoms with Crippen LogP contribution in [0.15, 0.2) is 53.3 Å². The number of ether oxygens (including phenoxy) is 1. The zero-order valence-electron chi connectivity index (χ0n) is 19.6. The fraction of sp³-hybridized carbons (Fsp3) is 0.346. The topological polar surface area (TPSA) is 97.6 Å². The lowest BCUT2D eigenvalue weighted by Crippen LogP contribution is -2.35. The van der Waals surface area contributed by atoms with Gasteiger partial charge in [-0.3, -0.25) is 4.79 Å². The number of amides is 1. The molecule has 0 unspecified atom stereocenters. The summed E-state index contributed by atoms with van der Waals surface area (Å²) < 4.78 is 7.02. The normalized spacial score (nSPS) is 11.6. The van der Waals surface area contributed by atoms with E-state index in [9.17, 15) is 19.5 Å². The van der Waals surface area contributed by atoms with E-state index in [0.717, 1.165) is 11.1 Å². The summed E-state index contributed by atoms with van der Waals surface area (Å²) in [5.41, 5.74) is 1.39. The second-order valence-electron chi connectivity index (χ2n) is 9.42. The van der Waals surface area contributed by atoms with E-state index in [-0.39, 0.29) is 23.6 Å². The van der Waals surface area contributed by atoms with Crippen molar-refractivity contribution in [1.29, 1.82) is 0 Å². The van der Waals surface area contributed by atoms with E-state index in [1.807, 2.05) is 44.2 Å². The first-order valence-corrected chi connectivity index (χ1v) is 10.9. The lowest BCUT2D eigenvalue weighted by molar-refractivity contribution is 0.0521. The van der Waals surface area contributed by atoms with E-state index >= 15 is 0 Å². The monoisotopic (exact) mass is 450 g/mol. The largest absolute Gasteiger partial charge is 0.478 e. The summed E-state index contributed by atoms with van der Waals surface area (Å²) in [6, 6.07) is 14.1. The number of nitrogens with zero attached hydrogens (tertiary/aromatic N) is 1. The third kappa shape index (κ3) is 5.61. The second-order valence-corrected chi connectivity index (χ2v) is 9.42. The van der Waals surface area contributed by atoms with Crippen LogP contribution in [0.5, 0.6) is 0 Å². The van der Waals surface area contributed by atoms with E-state index in [1.165, 1.54) is 12.1 Å². The van der Waals surface area contributed by atoms with Crippen LogP contribution in [0.4, 0.5) is 4.79 Å². The number of benzene rings is 2. The summed E-state index contributed by atoms with van der Waals surface area (Å²) in [6.07, 6.45) is -0.577. The predicted molar refractivity (Wildman–Crippen MR) is 129 cm³/mol. The maximum absolute atomic E-state index is 13.5. The van der Waals surface area contributed by atoms with Gasteiger partial charge in [-0.25, -0.2) is 9.59 Å². The van der Waals surface area contributed by atoms with Gasteiger partial charge in [0.15, 0.2) is 0 Å². The average Bonchev–Trinajstić information content (AvgIpc) is 2.73. The highest BCUT2D eigenvalue weighted by atomic mass is 16.6. The number of hydrogen-bond donors (Lipinski definition) is 2. The zero-order valence-corrected chi connectivity index (χ0v) is 19.6. The molecular formula is C26H30N2O5. The van der Waals surface area contributed by atoms with Crippen LogP contribution in [-0.4, -0.2) is 27.3 Å². The van der Waals surface area contributed by atoms with Crippen molar-refractivity contribution in [2.75, 3.05) is 0 Å². The fourth-order valence-electron chi connectivity index (χ4n) is 3.77. The molecule has 2 N–H and O–H groups in total. The molecular weight excluding hydrogens is 420 g/mol. The highest BCUT2D eigenvalue weighted by molar-refractivity contribution is 6.01. The standard InChI is InChI=1S/C26H30N2O5/c1-16(2)15-28-21(14-27-25(32)33-26(3,4)5)22(17-9-7-6-8-10-17)19-12-11-18(24(30)31)13-20(19)23(28)29/h6-13,16H,14-15H2,1-5H3,(H,27,32)(H,30,31). The van der Waals surface area contributed by atoms with E-state index in [1.54, 1.807) is 31.4 Å². The summed E-state index contributed by atoms with van der Waals surface area (Å²) >= 11 is 0. The number of fused-ring (bicyclic) bond motifs is 1. The quantitative estimate of drug-likeness (QED) is 0.548. The minimum Gasteiger partial charge on any atom is -0.478 e. The van der Waals surface area contributed by atoms with Crippen LogP contribution in [0.3, 0.4) is 0 Å². The lowest BCUT2D eigenvalue weighted by atomic mass is 9.95. The molecule has 0 spiro atoms. The number of rotatable bonds is 6. The molecule has 0 aliphatic rings. The van der Waals surface area contributed by atoms with E-state index in [4.69, 9.17) is 4.74 Å². The molecule has 0 aliphatic carbocycles. The molecule has 174 valence electrons. The Morgan fingerprint density at radius 2 is 1.73 bits per heavy atom.